The number of ether oxygens (including phenoxy) is 1. The molecule has 2 fully saturated rings. The molecule has 0 radical (unpaired) electrons. The number of halogens is 2. The van der Waals surface area contributed by atoms with Crippen LogP contribution in [0.25, 0.3) is 44.1 Å². The zero-order chi connectivity index (χ0) is 28.6. The Hall–Kier alpha value is -4.62. The van der Waals surface area contributed by atoms with Gasteiger partial charge in [0.2, 0.25) is 5.43 Å². The van der Waals surface area contributed by atoms with Gasteiger partial charge >= 0.3 is 5.97 Å². The lowest BCUT2D eigenvalue weighted by Gasteiger charge is -2.33. The molecule has 0 spiro atoms. The van der Waals surface area contributed by atoms with Gasteiger partial charge in [-0.3, -0.25) is 9.69 Å². The summed E-state index contributed by atoms with van der Waals surface area (Å²) in [4.78, 5) is 43.8. The summed E-state index contributed by atoms with van der Waals surface area (Å²) in [5.74, 6) is -3.37. The lowest BCUT2D eigenvalue weighted by molar-refractivity contribution is -0.0362. The molecule has 0 aliphatic carbocycles. The molecular formula is C28H25F2N7O4. The fourth-order valence-electron chi connectivity index (χ4n) is 6.13. The number of likely N-dealkylation sites (N-methyl/N-ethyl adjacent to an activating group) is 1. The number of nitrogens with zero attached hydrogens (tertiary/aromatic N) is 4. The third-order valence-corrected chi connectivity index (χ3v) is 8.20. The zero-order valence-corrected chi connectivity index (χ0v) is 22.1. The molecule has 13 heteroatoms. The van der Waals surface area contributed by atoms with Gasteiger partial charge in [-0.25, -0.2) is 23.5 Å². The zero-order valence-electron chi connectivity index (χ0n) is 22.1. The Bertz CT molecular complexity index is 1960. The number of carboxylic acid groups (broad SMARTS) is 1. The number of nitrogens with one attached hydrogen (secondary N) is 3. The molecule has 5 aromatic rings. The van der Waals surface area contributed by atoms with Crippen molar-refractivity contribution in [3.63, 3.8) is 0 Å². The van der Waals surface area contributed by atoms with Crippen LogP contribution in [0.15, 0.2) is 35.5 Å². The number of carbonyl (C=O) groups is 1. The van der Waals surface area contributed by atoms with Crippen LogP contribution in [0.2, 0.25) is 0 Å². The van der Waals surface area contributed by atoms with Crippen LogP contribution in [0.5, 0.6) is 0 Å². The van der Waals surface area contributed by atoms with E-state index < -0.39 is 28.6 Å². The molecule has 0 bridgehead atoms. The number of anilines is 2. The third-order valence-electron chi connectivity index (χ3n) is 8.20. The number of aromatic carboxylic acids is 1. The SMILES string of the molecule is CNc1cc(F)c(F)c2c1[nH]c1ncc(-c3cnc4[nH]cc(C(=O)O)c(=O)c4c3)c(N3CC4OCCN(C)C4C3)c12. The van der Waals surface area contributed by atoms with Gasteiger partial charge in [-0.05, 0) is 13.1 Å². The van der Waals surface area contributed by atoms with Crippen LogP contribution in [0.1, 0.15) is 10.4 Å². The van der Waals surface area contributed by atoms with Crippen molar-refractivity contribution < 1.29 is 23.4 Å². The minimum absolute atomic E-state index is 0.0533. The number of fused-ring (bicyclic) bond motifs is 5. The summed E-state index contributed by atoms with van der Waals surface area (Å²) >= 11 is 0. The molecule has 1 aromatic carbocycles. The number of benzene rings is 1. The van der Waals surface area contributed by atoms with Crippen molar-refractivity contribution in [2.45, 2.75) is 12.1 Å². The van der Waals surface area contributed by atoms with Crippen LogP contribution in [0, 0.1) is 11.6 Å². The van der Waals surface area contributed by atoms with Gasteiger partial charge in [0, 0.05) is 62.5 Å². The van der Waals surface area contributed by atoms with Gasteiger partial charge in [-0.1, -0.05) is 0 Å². The van der Waals surface area contributed by atoms with Crippen molar-refractivity contribution in [3.05, 3.63) is 58.1 Å². The average Bonchev–Trinajstić information content (AvgIpc) is 3.57. The summed E-state index contributed by atoms with van der Waals surface area (Å²) in [7, 11) is 3.66. The predicted molar refractivity (Wildman–Crippen MR) is 150 cm³/mol. The van der Waals surface area contributed by atoms with E-state index in [9.17, 15) is 19.1 Å². The second-order valence-corrected chi connectivity index (χ2v) is 10.4. The van der Waals surface area contributed by atoms with Crippen molar-refractivity contribution in [1.29, 1.82) is 0 Å². The molecule has 2 aliphatic rings. The van der Waals surface area contributed by atoms with Gasteiger partial charge in [-0.15, -0.1) is 0 Å². The number of aromatic nitrogens is 4. The number of morpholine rings is 1. The molecular weight excluding hydrogens is 536 g/mol. The third kappa shape index (κ3) is 3.76. The molecule has 2 saturated heterocycles. The molecule has 2 aliphatic heterocycles. The van der Waals surface area contributed by atoms with Crippen LogP contribution < -0.4 is 15.6 Å². The van der Waals surface area contributed by atoms with E-state index in [1.807, 2.05) is 7.05 Å². The second-order valence-electron chi connectivity index (χ2n) is 10.4. The highest BCUT2D eigenvalue weighted by molar-refractivity contribution is 6.18. The van der Waals surface area contributed by atoms with Gasteiger partial charge in [0.15, 0.2) is 11.6 Å². The lowest BCUT2D eigenvalue weighted by Crippen LogP contribution is -2.48. The van der Waals surface area contributed by atoms with Gasteiger partial charge < -0.3 is 30.0 Å². The molecule has 6 heterocycles. The van der Waals surface area contributed by atoms with E-state index in [1.54, 1.807) is 25.5 Å². The number of hydrogen-bond acceptors (Lipinski definition) is 8. The number of hydrogen-bond donors (Lipinski definition) is 4. The normalized spacial score (nSPS) is 19.4. The number of pyridine rings is 3. The Labute approximate surface area is 230 Å². The van der Waals surface area contributed by atoms with Crippen LogP contribution in [-0.2, 0) is 4.74 Å². The van der Waals surface area contributed by atoms with E-state index in [4.69, 9.17) is 4.74 Å². The maximum atomic E-state index is 15.6. The minimum atomic E-state index is -1.36. The molecule has 0 saturated carbocycles. The van der Waals surface area contributed by atoms with Gasteiger partial charge in [0.1, 0.15) is 16.9 Å². The van der Waals surface area contributed by atoms with E-state index in [0.29, 0.717) is 58.7 Å². The van der Waals surface area contributed by atoms with Crippen LogP contribution in [-0.4, -0.2) is 88.4 Å². The van der Waals surface area contributed by atoms with Gasteiger partial charge in [-0.2, -0.15) is 0 Å². The first-order valence-corrected chi connectivity index (χ1v) is 13.1. The van der Waals surface area contributed by atoms with Crippen molar-refractivity contribution in [2.75, 3.05) is 50.6 Å². The second kappa shape index (κ2) is 9.21. The average molecular weight is 562 g/mol. The standard InChI is InChI=1S/C28H25F2N7O4/c1-31-17-6-16(29)22(30)20-21-24(37-10-18-19(11-37)41-4-3-36(18)2)14(8-34-27(21)35-23(17)20)12-5-13-25(38)15(28(39)40)9-33-26(13)32-7-12/h5-9,18-19,31H,3-4,10-11H2,1-2H3,(H,34,35)(H,39,40)(H,32,33,38). The van der Waals surface area contributed by atoms with E-state index in [2.05, 4.69) is 35.1 Å². The van der Waals surface area contributed by atoms with E-state index in [0.717, 1.165) is 18.8 Å². The number of H-pyrrole nitrogens is 2. The molecule has 210 valence electrons. The lowest BCUT2D eigenvalue weighted by atomic mass is 10.0. The summed E-state index contributed by atoms with van der Waals surface area (Å²) < 4.78 is 36.5. The molecule has 0 amide bonds. The van der Waals surface area contributed by atoms with Crippen molar-refractivity contribution >= 4 is 50.3 Å². The van der Waals surface area contributed by atoms with Crippen molar-refractivity contribution in [1.82, 2.24) is 24.8 Å². The van der Waals surface area contributed by atoms with Crippen molar-refractivity contribution in [2.24, 2.45) is 0 Å². The highest BCUT2D eigenvalue weighted by Gasteiger charge is 2.40. The van der Waals surface area contributed by atoms with Gasteiger partial charge in [0.05, 0.1) is 51.8 Å². The summed E-state index contributed by atoms with van der Waals surface area (Å²) in [5.41, 5.74) is 1.83. The maximum Gasteiger partial charge on any atom is 0.341 e. The van der Waals surface area contributed by atoms with E-state index in [-0.39, 0.29) is 28.6 Å². The number of carboxylic acids is 1. The van der Waals surface area contributed by atoms with E-state index in [1.165, 1.54) is 0 Å². The highest BCUT2D eigenvalue weighted by Crippen LogP contribution is 2.44. The molecule has 2 unspecified atom stereocenters. The highest BCUT2D eigenvalue weighted by atomic mass is 19.2. The topological polar surface area (TPSA) is 139 Å². The Balaban J connectivity index is 1.54. The quantitative estimate of drug-likeness (QED) is 0.261. The minimum Gasteiger partial charge on any atom is -0.477 e. The first-order valence-electron chi connectivity index (χ1n) is 13.1. The smallest absolute Gasteiger partial charge is 0.341 e. The van der Waals surface area contributed by atoms with Crippen LogP contribution in [0.3, 0.4) is 0 Å². The Morgan fingerprint density at radius 1 is 1.17 bits per heavy atom. The Morgan fingerprint density at radius 2 is 1.98 bits per heavy atom. The molecule has 41 heavy (non-hydrogen) atoms. The molecule has 2 atom stereocenters. The number of aromatic amines is 2. The molecule has 4 N–H and O–H groups in total. The van der Waals surface area contributed by atoms with Crippen LogP contribution in [0.4, 0.5) is 20.2 Å². The molecule has 7 rings (SSSR count). The maximum absolute atomic E-state index is 15.6. The molecule has 11 nitrogen and oxygen atoms in total. The van der Waals surface area contributed by atoms with Gasteiger partial charge in [0.25, 0.3) is 0 Å². The summed E-state index contributed by atoms with van der Waals surface area (Å²) in [6, 6.07) is 2.73. The Morgan fingerprint density at radius 3 is 2.73 bits per heavy atom. The fraction of sp³-hybridized carbons (Fsp3) is 0.286. The fourth-order valence-corrected chi connectivity index (χ4v) is 6.13. The largest absolute Gasteiger partial charge is 0.477 e. The Kier molecular flexibility index (Phi) is 5.70. The summed E-state index contributed by atoms with van der Waals surface area (Å²) in [5, 5.41) is 12.9. The van der Waals surface area contributed by atoms with Crippen molar-refractivity contribution in [3.8, 4) is 11.1 Å². The first-order chi connectivity index (χ1) is 19.8. The number of rotatable bonds is 4. The van der Waals surface area contributed by atoms with E-state index >= 15 is 4.39 Å². The monoisotopic (exact) mass is 561 g/mol. The molecule has 4 aromatic heterocycles. The summed E-state index contributed by atoms with van der Waals surface area (Å²) in [6.45, 7) is 2.41. The predicted octanol–water partition coefficient (Wildman–Crippen LogP) is 3.16. The first kappa shape index (κ1) is 25.4. The van der Waals surface area contributed by atoms with Crippen LogP contribution >= 0.6 is 0 Å². The summed E-state index contributed by atoms with van der Waals surface area (Å²) in [6.07, 6.45) is 4.16.